The number of rotatable bonds is 5. The Morgan fingerprint density at radius 3 is 2.44 bits per heavy atom. The maximum atomic E-state index is 5.98. The SMILES string of the molecule is CCC(CC)N(C)c1ccc(Cl)c(CCl)n1. The Kier molecular flexibility index (Phi) is 5.36. The molecular formula is C12H18Cl2N2. The second-order valence-corrected chi connectivity index (χ2v) is 4.49. The number of pyridine rings is 1. The molecule has 0 fully saturated rings. The van der Waals surface area contributed by atoms with Crippen molar-refractivity contribution in [3.63, 3.8) is 0 Å². The monoisotopic (exact) mass is 260 g/mol. The topological polar surface area (TPSA) is 16.1 Å². The van der Waals surface area contributed by atoms with Gasteiger partial charge in [-0.1, -0.05) is 25.4 Å². The normalized spacial score (nSPS) is 10.9. The van der Waals surface area contributed by atoms with Gasteiger partial charge in [-0.05, 0) is 25.0 Å². The fourth-order valence-electron chi connectivity index (χ4n) is 1.79. The number of anilines is 1. The van der Waals surface area contributed by atoms with Crippen molar-refractivity contribution in [2.75, 3.05) is 11.9 Å². The van der Waals surface area contributed by atoms with Crippen LogP contribution in [0.15, 0.2) is 12.1 Å². The minimum absolute atomic E-state index is 0.351. The highest BCUT2D eigenvalue weighted by molar-refractivity contribution is 6.32. The predicted molar refractivity (Wildman–Crippen MR) is 71.6 cm³/mol. The largest absolute Gasteiger partial charge is 0.357 e. The summed E-state index contributed by atoms with van der Waals surface area (Å²) in [4.78, 5) is 6.66. The molecule has 0 radical (unpaired) electrons. The fourth-order valence-corrected chi connectivity index (χ4v) is 2.23. The van der Waals surface area contributed by atoms with E-state index in [0.717, 1.165) is 24.4 Å². The highest BCUT2D eigenvalue weighted by Gasteiger charge is 2.13. The van der Waals surface area contributed by atoms with Gasteiger partial charge in [-0.15, -0.1) is 11.6 Å². The Hall–Kier alpha value is -0.470. The molecule has 1 rings (SSSR count). The smallest absolute Gasteiger partial charge is 0.128 e. The van der Waals surface area contributed by atoms with Crippen LogP contribution in [0, 0.1) is 0 Å². The van der Waals surface area contributed by atoms with Gasteiger partial charge in [0.2, 0.25) is 0 Å². The molecule has 0 bridgehead atoms. The van der Waals surface area contributed by atoms with Crippen LogP contribution in [-0.2, 0) is 5.88 Å². The number of hydrogen-bond donors (Lipinski definition) is 0. The van der Waals surface area contributed by atoms with E-state index in [0.29, 0.717) is 16.9 Å². The van der Waals surface area contributed by atoms with Gasteiger partial charge >= 0.3 is 0 Å². The van der Waals surface area contributed by atoms with Crippen LogP contribution in [0.5, 0.6) is 0 Å². The lowest BCUT2D eigenvalue weighted by Gasteiger charge is -2.27. The van der Waals surface area contributed by atoms with Gasteiger partial charge in [0.1, 0.15) is 5.82 Å². The first-order valence-electron chi connectivity index (χ1n) is 5.58. The minimum Gasteiger partial charge on any atom is -0.357 e. The molecule has 0 aliphatic heterocycles. The first kappa shape index (κ1) is 13.6. The summed E-state index contributed by atoms with van der Waals surface area (Å²) in [5.41, 5.74) is 0.749. The summed E-state index contributed by atoms with van der Waals surface area (Å²) < 4.78 is 0. The third kappa shape index (κ3) is 3.02. The quantitative estimate of drug-likeness (QED) is 0.742. The van der Waals surface area contributed by atoms with E-state index in [4.69, 9.17) is 23.2 Å². The molecule has 1 aromatic heterocycles. The lowest BCUT2D eigenvalue weighted by atomic mass is 10.1. The molecule has 2 nitrogen and oxygen atoms in total. The number of alkyl halides is 1. The van der Waals surface area contributed by atoms with Crippen molar-refractivity contribution in [3.8, 4) is 0 Å². The van der Waals surface area contributed by atoms with E-state index in [-0.39, 0.29) is 0 Å². The summed E-state index contributed by atoms with van der Waals surface area (Å²) in [5.74, 6) is 1.29. The van der Waals surface area contributed by atoms with Crippen molar-refractivity contribution >= 4 is 29.0 Å². The Morgan fingerprint density at radius 2 is 1.94 bits per heavy atom. The van der Waals surface area contributed by atoms with E-state index in [1.54, 1.807) is 0 Å². The molecule has 1 aromatic rings. The maximum absolute atomic E-state index is 5.98. The molecule has 4 heteroatoms. The van der Waals surface area contributed by atoms with Crippen molar-refractivity contribution in [2.45, 2.75) is 38.6 Å². The van der Waals surface area contributed by atoms with Crippen LogP contribution in [0.25, 0.3) is 0 Å². The van der Waals surface area contributed by atoms with Crippen molar-refractivity contribution in [1.29, 1.82) is 0 Å². The van der Waals surface area contributed by atoms with Crippen LogP contribution in [-0.4, -0.2) is 18.1 Å². The Labute approximate surface area is 108 Å². The standard InChI is InChI=1S/C12H18Cl2N2/c1-4-9(5-2)16(3)12-7-6-10(14)11(8-13)15-12/h6-7,9H,4-5,8H2,1-3H3. The molecule has 0 spiro atoms. The summed E-state index contributed by atoms with van der Waals surface area (Å²) in [7, 11) is 2.06. The maximum Gasteiger partial charge on any atom is 0.128 e. The van der Waals surface area contributed by atoms with Gasteiger partial charge in [0.25, 0.3) is 0 Å². The molecule has 16 heavy (non-hydrogen) atoms. The summed E-state index contributed by atoms with van der Waals surface area (Å²) >= 11 is 11.8. The third-order valence-corrected chi connectivity index (χ3v) is 3.48. The van der Waals surface area contributed by atoms with Crippen molar-refractivity contribution in [3.05, 3.63) is 22.8 Å². The van der Waals surface area contributed by atoms with E-state index in [1.165, 1.54) is 0 Å². The number of nitrogens with zero attached hydrogens (tertiary/aromatic N) is 2. The molecule has 0 aliphatic rings. The third-order valence-electron chi connectivity index (χ3n) is 2.88. The lowest BCUT2D eigenvalue weighted by molar-refractivity contribution is 0.586. The summed E-state index contributed by atoms with van der Waals surface area (Å²) in [6.07, 6.45) is 2.21. The molecular weight excluding hydrogens is 243 g/mol. The summed E-state index contributed by atoms with van der Waals surface area (Å²) in [5, 5.41) is 0.636. The zero-order valence-corrected chi connectivity index (χ0v) is 11.5. The molecule has 90 valence electrons. The fraction of sp³-hybridized carbons (Fsp3) is 0.583. The Morgan fingerprint density at radius 1 is 1.31 bits per heavy atom. The van der Waals surface area contributed by atoms with E-state index in [2.05, 4.69) is 30.8 Å². The van der Waals surface area contributed by atoms with Gasteiger partial charge in [-0.25, -0.2) is 4.98 Å². The summed E-state index contributed by atoms with van der Waals surface area (Å²) in [6, 6.07) is 4.31. The molecule has 0 saturated heterocycles. The summed E-state index contributed by atoms with van der Waals surface area (Å²) in [6.45, 7) is 4.37. The van der Waals surface area contributed by atoms with E-state index < -0.39 is 0 Å². The van der Waals surface area contributed by atoms with Gasteiger partial charge < -0.3 is 4.90 Å². The Balaban J connectivity index is 2.95. The minimum atomic E-state index is 0.351. The van der Waals surface area contributed by atoms with Crippen LogP contribution in [0.2, 0.25) is 5.02 Å². The predicted octanol–water partition coefficient (Wildman–Crippen LogP) is 4.10. The van der Waals surface area contributed by atoms with E-state index >= 15 is 0 Å². The first-order chi connectivity index (χ1) is 7.63. The van der Waals surface area contributed by atoms with Crippen LogP contribution in [0.3, 0.4) is 0 Å². The second kappa shape index (κ2) is 6.31. The van der Waals surface area contributed by atoms with E-state index in [9.17, 15) is 0 Å². The van der Waals surface area contributed by atoms with E-state index in [1.807, 2.05) is 12.1 Å². The van der Waals surface area contributed by atoms with Crippen LogP contribution in [0.1, 0.15) is 32.4 Å². The number of halogens is 2. The van der Waals surface area contributed by atoms with Crippen LogP contribution < -0.4 is 4.90 Å². The van der Waals surface area contributed by atoms with Gasteiger partial charge in [-0.2, -0.15) is 0 Å². The number of hydrogen-bond acceptors (Lipinski definition) is 2. The average molecular weight is 261 g/mol. The lowest BCUT2D eigenvalue weighted by Crippen LogP contribution is -2.31. The van der Waals surface area contributed by atoms with Gasteiger partial charge in [-0.3, -0.25) is 0 Å². The molecule has 0 atom stereocenters. The van der Waals surface area contributed by atoms with Crippen molar-refractivity contribution in [1.82, 2.24) is 4.98 Å². The van der Waals surface area contributed by atoms with Crippen molar-refractivity contribution < 1.29 is 0 Å². The average Bonchev–Trinajstić information content (AvgIpc) is 2.31. The zero-order valence-electron chi connectivity index (χ0n) is 10.0. The highest BCUT2D eigenvalue weighted by atomic mass is 35.5. The molecule has 0 aliphatic carbocycles. The molecule has 0 amide bonds. The molecule has 0 unspecified atom stereocenters. The molecule has 0 N–H and O–H groups in total. The Bertz CT molecular complexity index is 338. The van der Waals surface area contributed by atoms with Gasteiger partial charge in [0.15, 0.2) is 0 Å². The van der Waals surface area contributed by atoms with Crippen LogP contribution >= 0.6 is 23.2 Å². The van der Waals surface area contributed by atoms with Gasteiger partial charge in [0, 0.05) is 13.1 Å². The van der Waals surface area contributed by atoms with Crippen molar-refractivity contribution in [2.24, 2.45) is 0 Å². The molecule has 0 aromatic carbocycles. The number of aromatic nitrogens is 1. The highest BCUT2D eigenvalue weighted by Crippen LogP contribution is 2.22. The first-order valence-corrected chi connectivity index (χ1v) is 6.49. The molecule has 1 heterocycles. The van der Waals surface area contributed by atoms with Gasteiger partial charge in [0.05, 0.1) is 16.6 Å². The molecule has 0 saturated carbocycles. The van der Waals surface area contributed by atoms with Crippen LogP contribution in [0.4, 0.5) is 5.82 Å². The second-order valence-electron chi connectivity index (χ2n) is 3.81. The zero-order chi connectivity index (χ0) is 12.1.